The molecule has 2 aliphatic rings. The number of aliphatic hydroxyl groups is 2. The number of ether oxygens (including phenoxy) is 2. The van der Waals surface area contributed by atoms with E-state index in [0.717, 1.165) is 64.1 Å². The van der Waals surface area contributed by atoms with Crippen molar-refractivity contribution < 1.29 is 24.5 Å². The first-order chi connectivity index (χ1) is 25.8. The molecule has 7 rings (SSSR count). The summed E-state index contributed by atoms with van der Waals surface area (Å²) in [6.45, 7) is 3.06. The number of rotatable bonds is 11. The highest BCUT2D eigenvalue weighted by atomic mass is 35.5. The number of amides is 2. The minimum Gasteiger partial charge on any atom is -0.392 e. The number of carbonyl (C=O) groups is 1. The van der Waals surface area contributed by atoms with E-state index in [4.69, 9.17) is 21.1 Å². The maximum absolute atomic E-state index is 12.6. The summed E-state index contributed by atoms with van der Waals surface area (Å²) in [5, 5.41) is 27.7. The lowest BCUT2D eigenvalue weighted by Gasteiger charge is -2.42. The van der Waals surface area contributed by atoms with E-state index in [9.17, 15) is 15.0 Å². The van der Waals surface area contributed by atoms with Crippen LogP contribution in [-0.4, -0.2) is 46.9 Å². The number of aliphatic hydroxyl groups excluding tert-OH is 1. The van der Waals surface area contributed by atoms with E-state index in [1.165, 1.54) is 0 Å². The van der Waals surface area contributed by atoms with E-state index < -0.39 is 11.9 Å². The number of halogens is 1. The molecule has 2 saturated heterocycles. The number of hydrogen-bond acceptors (Lipinski definition) is 6. The average molecular weight is 732 g/mol. The maximum Gasteiger partial charge on any atom is 0.315 e. The maximum atomic E-state index is 12.6. The molecule has 2 fully saturated rings. The van der Waals surface area contributed by atoms with E-state index >= 15 is 0 Å². The Bertz CT molecular complexity index is 1930. The Kier molecular flexibility index (Phi) is 11.9. The van der Waals surface area contributed by atoms with Crippen LogP contribution in [0.2, 0.25) is 5.02 Å². The number of nitrogens with zero attached hydrogens (tertiary/aromatic N) is 1. The zero-order valence-electron chi connectivity index (χ0n) is 29.7. The van der Waals surface area contributed by atoms with Gasteiger partial charge in [0.05, 0.1) is 24.4 Å². The summed E-state index contributed by atoms with van der Waals surface area (Å²) in [6, 6.07) is 41.4. The normalized spacial score (nSPS) is 20.1. The third kappa shape index (κ3) is 9.34. The van der Waals surface area contributed by atoms with E-state index in [1.807, 2.05) is 97.1 Å². The van der Waals surface area contributed by atoms with Gasteiger partial charge in [-0.2, -0.15) is 0 Å². The number of piperidine rings is 1. The number of carbonyl (C=O) groups excluding carboxylic acids is 1. The van der Waals surface area contributed by atoms with Crippen molar-refractivity contribution in [1.82, 2.24) is 15.5 Å². The van der Waals surface area contributed by atoms with E-state index in [1.54, 1.807) is 0 Å². The Morgan fingerprint density at radius 1 is 0.755 bits per heavy atom. The molecule has 0 bridgehead atoms. The molecule has 9 heteroatoms. The molecule has 0 aliphatic carbocycles. The van der Waals surface area contributed by atoms with Crippen molar-refractivity contribution in [2.75, 3.05) is 19.6 Å². The van der Waals surface area contributed by atoms with Gasteiger partial charge in [0.1, 0.15) is 0 Å². The second kappa shape index (κ2) is 17.1. The fourth-order valence-corrected chi connectivity index (χ4v) is 7.39. The zero-order valence-corrected chi connectivity index (χ0v) is 30.4. The van der Waals surface area contributed by atoms with Crippen molar-refractivity contribution in [3.05, 3.63) is 166 Å². The molecule has 53 heavy (non-hydrogen) atoms. The molecule has 5 aromatic carbocycles. The highest BCUT2D eigenvalue weighted by molar-refractivity contribution is 6.30. The van der Waals surface area contributed by atoms with Crippen LogP contribution in [0.1, 0.15) is 65.0 Å². The van der Waals surface area contributed by atoms with Crippen LogP contribution >= 0.6 is 11.6 Å². The Labute approximate surface area is 316 Å². The van der Waals surface area contributed by atoms with Crippen LogP contribution in [0, 0.1) is 0 Å². The fourth-order valence-electron chi connectivity index (χ4n) is 7.27. The molecule has 0 aromatic heterocycles. The van der Waals surface area contributed by atoms with Crippen LogP contribution in [0.4, 0.5) is 4.79 Å². The van der Waals surface area contributed by atoms with E-state index in [0.29, 0.717) is 37.4 Å². The second-order valence-electron chi connectivity index (χ2n) is 14.0. The first kappa shape index (κ1) is 36.8. The SMILES string of the molecule is O=C(NCc1ccccc1)NCc1ccccc1-c1ccc(C2OC(CN3CCC(O)(c4ccc(Cl)cc4)CC3)CC(c3ccc(CO)cc3)O2)cc1. The number of nitrogens with one attached hydrogen (secondary N) is 2. The lowest BCUT2D eigenvalue weighted by Crippen LogP contribution is -2.46. The van der Waals surface area contributed by atoms with Gasteiger partial charge in [0.2, 0.25) is 0 Å². The van der Waals surface area contributed by atoms with Crippen LogP contribution in [0.3, 0.4) is 0 Å². The predicted molar refractivity (Wildman–Crippen MR) is 207 cm³/mol. The summed E-state index contributed by atoms with van der Waals surface area (Å²) in [5.41, 5.74) is 6.97. The summed E-state index contributed by atoms with van der Waals surface area (Å²) >= 11 is 6.10. The topological polar surface area (TPSA) is 103 Å². The molecule has 5 aromatic rings. The monoisotopic (exact) mass is 731 g/mol. The Balaban J connectivity index is 1.02. The van der Waals surface area contributed by atoms with Crippen molar-refractivity contribution in [3.63, 3.8) is 0 Å². The molecule has 3 unspecified atom stereocenters. The fraction of sp³-hybridized carbons (Fsp3) is 0.295. The molecule has 2 aliphatic heterocycles. The highest BCUT2D eigenvalue weighted by Gasteiger charge is 2.37. The number of hydrogen-bond donors (Lipinski definition) is 4. The smallest absolute Gasteiger partial charge is 0.315 e. The standard InChI is InChI=1S/C44H46ClN3O5/c45-38-20-18-37(19-21-38)44(51)22-24-48(25-23-44)29-39-26-41(34-12-10-32(30-49)11-13-34)53-42(52-39)35-16-14-33(15-17-35)40-9-5-4-8-36(40)28-47-43(50)46-27-31-6-2-1-3-7-31/h1-21,39,41-42,49,51H,22-30H2,(H2,46,47,50). The molecule has 2 amide bonds. The zero-order chi connectivity index (χ0) is 36.6. The molecule has 2 heterocycles. The molecule has 0 saturated carbocycles. The number of likely N-dealkylation sites (tertiary alicyclic amines) is 1. The van der Waals surface area contributed by atoms with Crippen molar-refractivity contribution in [2.24, 2.45) is 0 Å². The lowest BCUT2D eigenvalue weighted by atomic mass is 9.84. The predicted octanol–water partition coefficient (Wildman–Crippen LogP) is 8.03. The molecule has 3 atom stereocenters. The molecule has 274 valence electrons. The van der Waals surface area contributed by atoms with Gasteiger partial charge in [0, 0.05) is 49.7 Å². The summed E-state index contributed by atoms with van der Waals surface area (Å²) in [5.74, 6) is 0. The number of benzene rings is 5. The Morgan fingerprint density at radius 3 is 2.13 bits per heavy atom. The van der Waals surface area contributed by atoms with E-state index in [-0.39, 0.29) is 24.8 Å². The van der Waals surface area contributed by atoms with Crippen molar-refractivity contribution >= 4 is 17.6 Å². The third-order valence-electron chi connectivity index (χ3n) is 10.4. The summed E-state index contributed by atoms with van der Waals surface area (Å²) in [4.78, 5) is 15.0. The quantitative estimate of drug-likeness (QED) is 0.110. The van der Waals surface area contributed by atoms with Crippen LogP contribution < -0.4 is 10.6 Å². The van der Waals surface area contributed by atoms with Crippen molar-refractivity contribution in [1.29, 1.82) is 0 Å². The number of urea groups is 1. The van der Waals surface area contributed by atoms with Gasteiger partial charge in [-0.3, -0.25) is 0 Å². The van der Waals surface area contributed by atoms with Crippen molar-refractivity contribution in [3.8, 4) is 11.1 Å². The van der Waals surface area contributed by atoms with Crippen molar-refractivity contribution in [2.45, 2.75) is 63.1 Å². The molecular weight excluding hydrogens is 686 g/mol. The lowest BCUT2D eigenvalue weighted by molar-refractivity contribution is -0.253. The van der Waals surface area contributed by atoms with Crippen LogP contribution in [-0.2, 0) is 34.8 Å². The highest BCUT2D eigenvalue weighted by Crippen LogP contribution is 2.40. The summed E-state index contributed by atoms with van der Waals surface area (Å²) < 4.78 is 13.3. The van der Waals surface area contributed by atoms with Gasteiger partial charge in [0.25, 0.3) is 0 Å². The van der Waals surface area contributed by atoms with Gasteiger partial charge in [-0.1, -0.05) is 127 Å². The third-order valence-corrected chi connectivity index (χ3v) is 10.6. The van der Waals surface area contributed by atoms with Gasteiger partial charge in [-0.05, 0) is 63.9 Å². The van der Waals surface area contributed by atoms with Gasteiger partial charge in [0.15, 0.2) is 6.29 Å². The molecule has 8 nitrogen and oxygen atoms in total. The Hall–Kier alpha value is -4.54. The first-order valence-corrected chi connectivity index (χ1v) is 18.7. The summed E-state index contributed by atoms with van der Waals surface area (Å²) in [7, 11) is 0. The van der Waals surface area contributed by atoms with Crippen LogP contribution in [0.5, 0.6) is 0 Å². The van der Waals surface area contributed by atoms with Gasteiger partial charge >= 0.3 is 6.03 Å². The average Bonchev–Trinajstić information content (AvgIpc) is 3.21. The molecule has 0 spiro atoms. The minimum absolute atomic E-state index is 0.00944. The van der Waals surface area contributed by atoms with Crippen LogP contribution in [0.25, 0.3) is 11.1 Å². The summed E-state index contributed by atoms with van der Waals surface area (Å²) in [6.07, 6.45) is 1.07. The second-order valence-corrected chi connectivity index (χ2v) is 14.4. The molecule has 0 radical (unpaired) electrons. The molecular formula is C44H46ClN3O5. The first-order valence-electron chi connectivity index (χ1n) is 18.3. The largest absolute Gasteiger partial charge is 0.392 e. The van der Waals surface area contributed by atoms with Gasteiger partial charge in [-0.15, -0.1) is 0 Å². The Morgan fingerprint density at radius 2 is 1.42 bits per heavy atom. The minimum atomic E-state index is -0.873. The van der Waals surface area contributed by atoms with Gasteiger partial charge < -0.3 is 35.2 Å². The molecule has 4 N–H and O–H groups in total. The van der Waals surface area contributed by atoms with Crippen LogP contribution in [0.15, 0.2) is 127 Å². The van der Waals surface area contributed by atoms with E-state index in [2.05, 4.69) is 45.9 Å². The van der Waals surface area contributed by atoms with Gasteiger partial charge in [-0.25, -0.2) is 4.79 Å².